The van der Waals surface area contributed by atoms with E-state index in [0.717, 1.165) is 13.2 Å². The van der Waals surface area contributed by atoms with Gasteiger partial charge in [-0.15, -0.1) is 0 Å². The minimum atomic E-state index is 0.844. The van der Waals surface area contributed by atoms with Gasteiger partial charge in [0.2, 0.25) is 0 Å². The molecule has 56 valence electrons. The minimum absolute atomic E-state index is 0.844. The van der Waals surface area contributed by atoms with Crippen molar-refractivity contribution in [3.63, 3.8) is 0 Å². The van der Waals surface area contributed by atoms with Crippen LogP contribution >= 0.6 is 0 Å². The SMILES string of the molecule is C=COC.CCOCC. The molecular formula is C7H16O2. The molecule has 0 aliphatic rings. The highest BCUT2D eigenvalue weighted by atomic mass is 16.5. The first-order valence-corrected chi connectivity index (χ1v) is 3.04. The molecule has 0 unspecified atom stereocenters. The first-order chi connectivity index (χ1) is 4.33. The van der Waals surface area contributed by atoms with E-state index in [0.29, 0.717) is 0 Å². The Bertz CT molecular complexity index is 42.2. The van der Waals surface area contributed by atoms with Crippen molar-refractivity contribution in [3.8, 4) is 0 Å². The van der Waals surface area contributed by atoms with Gasteiger partial charge in [0.15, 0.2) is 0 Å². The molecule has 0 rings (SSSR count). The number of hydrogen-bond donors (Lipinski definition) is 0. The third-order valence-electron chi connectivity index (χ3n) is 0.575. The van der Waals surface area contributed by atoms with Crippen molar-refractivity contribution in [2.24, 2.45) is 0 Å². The molecule has 0 heterocycles. The Kier molecular flexibility index (Phi) is 19.7. The standard InChI is InChI=1S/C4H10O.C3H6O/c1-3-5-4-2;1-3-4-2/h3-4H2,1-2H3;3H,1H2,2H3. The molecule has 0 bridgehead atoms. The van der Waals surface area contributed by atoms with Crippen LogP contribution in [-0.2, 0) is 9.47 Å². The van der Waals surface area contributed by atoms with Crippen molar-refractivity contribution in [2.45, 2.75) is 13.8 Å². The molecule has 2 heteroatoms. The fraction of sp³-hybridized carbons (Fsp3) is 0.714. The van der Waals surface area contributed by atoms with Gasteiger partial charge in [0.1, 0.15) is 0 Å². The lowest BCUT2D eigenvalue weighted by atomic mass is 10.8. The van der Waals surface area contributed by atoms with Crippen molar-refractivity contribution < 1.29 is 9.47 Å². The molecule has 9 heavy (non-hydrogen) atoms. The monoisotopic (exact) mass is 132 g/mol. The number of ether oxygens (including phenoxy) is 2. The molecule has 0 spiro atoms. The molecular weight excluding hydrogens is 116 g/mol. The van der Waals surface area contributed by atoms with Crippen molar-refractivity contribution in [1.29, 1.82) is 0 Å². The molecule has 0 aliphatic heterocycles. The second-order valence-electron chi connectivity index (χ2n) is 1.18. The highest BCUT2D eigenvalue weighted by Gasteiger charge is 1.64. The fourth-order valence-corrected chi connectivity index (χ4v) is 0.204. The van der Waals surface area contributed by atoms with E-state index in [-0.39, 0.29) is 0 Å². The van der Waals surface area contributed by atoms with Crippen LogP contribution in [0.25, 0.3) is 0 Å². The van der Waals surface area contributed by atoms with Gasteiger partial charge in [0.05, 0.1) is 13.4 Å². The molecule has 0 saturated heterocycles. The summed E-state index contributed by atoms with van der Waals surface area (Å²) in [5.41, 5.74) is 0. The van der Waals surface area contributed by atoms with Crippen LogP contribution in [0.4, 0.5) is 0 Å². The van der Waals surface area contributed by atoms with Gasteiger partial charge in [0, 0.05) is 13.2 Å². The molecule has 0 saturated carbocycles. The van der Waals surface area contributed by atoms with Crippen LogP contribution in [0.1, 0.15) is 13.8 Å². The van der Waals surface area contributed by atoms with Crippen molar-refractivity contribution in [1.82, 2.24) is 0 Å². The minimum Gasteiger partial charge on any atom is -0.505 e. The normalized spacial score (nSPS) is 7.00. The van der Waals surface area contributed by atoms with Crippen LogP contribution in [0.5, 0.6) is 0 Å². The van der Waals surface area contributed by atoms with Crippen molar-refractivity contribution in [2.75, 3.05) is 20.3 Å². The lowest BCUT2D eigenvalue weighted by Crippen LogP contribution is -1.84. The zero-order valence-corrected chi connectivity index (χ0v) is 6.52. The summed E-state index contributed by atoms with van der Waals surface area (Å²) in [5, 5.41) is 0. The molecule has 0 aromatic heterocycles. The molecule has 2 nitrogen and oxygen atoms in total. The Morgan fingerprint density at radius 3 is 1.67 bits per heavy atom. The van der Waals surface area contributed by atoms with E-state index >= 15 is 0 Å². The fourth-order valence-electron chi connectivity index (χ4n) is 0.204. The van der Waals surface area contributed by atoms with Gasteiger partial charge in [-0.25, -0.2) is 0 Å². The summed E-state index contributed by atoms with van der Waals surface area (Å²) in [6.45, 7) is 8.92. The van der Waals surface area contributed by atoms with Gasteiger partial charge in [-0.3, -0.25) is 0 Å². The lowest BCUT2D eigenvalue weighted by Gasteiger charge is -1.86. The Balaban J connectivity index is 0. The number of methoxy groups -OCH3 is 1. The van der Waals surface area contributed by atoms with Crippen LogP contribution in [-0.4, -0.2) is 20.3 Å². The van der Waals surface area contributed by atoms with Gasteiger partial charge >= 0.3 is 0 Å². The van der Waals surface area contributed by atoms with E-state index in [4.69, 9.17) is 4.74 Å². The highest BCUT2D eigenvalue weighted by molar-refractivity contribution is 4.43. The second kappa shape index (κ2) is 15.6. The van der Waals surface area contributed by atoms with Gasteiger partial charge in [-0.05, 0) is 13.8 Å². The van der Waals surface area contributed by atoms with Crippen LogP contribution in [0, 0.1) is 0 Å². The maximum atomic E-state index is 4.83. The molecule has 0 aliphatic carbocycles. The lowest BCUT2D eigenvalue weighted by molar-refractivity contribution is 0.162. The quantitative estimate of drug-likeness (QED) is 0.545. The highest BCUT2D eigenvalue weighted by Crippen LogP contribution is 1.64. The predicted octanol–water partition coefficient (Wildman–Crippen LogP) is 1.82. The van der Waals surface area contributed by atoms with Gasteiger partial charge in [-0.1, -0.05) is 6.58 Å². The molecule has 0 fully saturated rings. The number of hydrogen-bond acceptors (Lipinski definition) is 2. The van der Waals surface area contributed by atoms with E-state index in [1.165, 1.54) is 6.26 Å². The molecule has 0 N–H and O–H groups in total. The molecule has 0 amide bonds. The maximum absolute atomic E-state index is 4.83. The summed E-state index contributed by atoms with van der Waals surface area (Å²) >= 11 is 0. The van der Waals surface area contributed by atoms with E-state index in [2.05, 4.69) is 11.3 Å². The Labute approximate surface area is 57.5 Å². The first-order valence-electron chi connectivity index (χ1n) is 3.04. The summed E-state index contributed by atoms with van der Waals surface area (Å²) < 4.78 is 9.14. The largest absolute Gasteiger partial charge is 0.505 e. The predicted molar refractivity (Wildman–Crippen MR) is 39.4 cm³/mol. The molecule has 0 aromatic rings. The van der Waals surface area contributed by atoms with E-state index in [1.807, 2.05) is 13.8 Å². The van der Waals surface area contributed by atoms with E-state index in [1.54, 1.807) is 7.11 Å². The molecule has 0 atom stereocenters. The van der Waals surface area contributed by atoms with Crippen LogP contribution in [0.15, 0.2) is 12.8 Å². The van der Waals surface area contributed by atoms with Crippen LogP contribution < -0.4 is 0 Å². The Morgan fingerprint density at radius 2 is 1.67 bits per heavy atom. The topological polar surface area (TPSA) is 18.5 Å². The summed E-state index contributed by atoms with van der Waals surface area (Å²) in [7, 11) is 1.56. The van der Waals surface area contributed by atoms with Gasteiger partial charge in [0.25, 0.3) is 0 Å². The summed E-state index contributed by atoms with van der Waals surface area (Å²) in [6.07, 6.45) is 1.38. The average molecular weight is 132 g/mol. The first kappa shape index (κ1) is 11.3. The smallest absolute Gasteiger partial charge is 0.0766 e. The second-order valence-corrected chi connectivity index (χ2v) is 1.18. The van der Waals surface area contributed by atoms with Gasteiger partial charge < -0.3 is 9.47 Å². The van der Waals surface area contributed by atoms with Crippen molar-refractivity contribution in [3.05, 3.63) is 12.8 Å². The Morgan fingerprint density at radius 1 is 1.33 bits per heavy atom. The van der Waals surface area contributed by atoms with Crippen LogP contribution in [0.3, 0.4) is 0 Å². The third-order valence-corrected chi connectivity index (χ3v) is 0.575. The zero-order valence-electron chi connectivity index (χ0n) is 6.52. The summed E-state index contributed by atoms with van der Waals surface area (Å²) in [4.78, 5) is 0. The molecule has 0 aromatic carbocycles. The zero-order chi connectivity index (χ0) is 7.54. The molecule has 0 radical (unpaired) electrons. The van der Waals surface area contributed by atoms with E-state index < -0.39 is 0 Å². The summed E-state index contributed by atoms with van der Waals surface area (Å²) in [5.74, 6) is 0. The summed E-state index contributed by atoms with van der Waals surface area (Å²) in [6, 6.07) is 0. The average Bonchev–Trinajstić information content (AvgIpc) is 1.91. The van der Waals surface area contributed by atoms with E-state index in [9.17, 15) is 0 Å². The number of rotatable bonds is 3. The van der Waals surface area contributed by atoms with Crippen molar-refractivity contribution >= 4 is 0 Å². The maximum Gasteiger partial charge on any atom is 0.0766 e. The third kappa shape index (κ3) is 36.3. The van der Waals surface area contributed by atoms with Gasteiger partial charge in [-0.2, -0.15) is 0 Å². The Hall–Kier alpha value is -0.500. The van der Waals surface area contributed by atoms with Crippen LogP contribution in [0.2, 0.25) is 0 Å².